The van der Waals surface area contributed by atoms with Gasteiger partial charge in [0.15, 0.2) is 17.5 Å². The van der Waals surface area contributed by atoms with Gasteiger partial charge in [0, 0.05) is 32.8 Å². The Morgan fingerprint density at radius 2 is 0.960 bits per heavy atom. The SMILES string of the molecule is C=CC=C.CC=C(C)C.c1ccc(-c2nc(-c3ccccc3)nc(-c3ccc4c(-n5c6ccccc6c6ccccc65)cccc4c3)n2)cc1. The Morgan fingerprint density at radius 3 is 1.44 bits per heavy atom. The van der Waals surface area contributed by atoms with Gasteiger partial charge in [0.1, 0.15) is 0 Å². The van der Waals surface area contributed by atoms with E-state index in [1.165, 1.54) is 32.8 Å². The number of nitrogens with zero attached hydrogens (tertiary/aromatic N) is 4. The first-order chi connectivity index (χ1) is 24.5. The number of para-hydroxylation sites is 2. The fraction of sp³-hybridized carbons (Fsp3) is 0.0652. The summed E-state index contributed by atoms with van der Waals surface area (Å²) < 4.78 is 2.37. The van der Waals surface area contributed by atoms with Crippen molar-refractivity contribution in [2.24, 2.45) is 0 Å². The minimum atomic E-state index is 0.655. The summed E-state index contributed by atoms with van der Waals surface area (Å²) >= 11 is 0. The van der Waals surface area contributed by atoms with Crippen molar-refractivity contribution >= 4 is 32.6 Å². The van der Waals surface area contributed by atoms with Gasteiger partial charge in [0.2, 0.25) is 0 Å². The van der Waals surface area contributed by atoms with Gasteiger partial charge in [-0.3, -0.25) is 0 Å². The molecule has 0 amide bonds. The molecule has 2 aromatic heterocycles. The first-order valence-corrected chi connectivity index (χ1v) is 16.7. The third kappa shape index (κ3) is 7.20. The van der Waals surface area contributed by atoms with Gasteiger partial charge < -0.3 is 4.57 Å². The number of fused-ring (bicyclic) bond motifs is 4. The molecule has 0 fully saturated rings. The number of hydrogen-bond acceptors (Lipinski definition) is 3. The molecule has 0 spiro atoms. The molecule has 8 rings (SSSR count). The van der Waals surface area contributed by atoms with Gasteiger partial charge in [-0.2, -0.15) is 0 Å². The van der Waals surface area contributed by atoms with Crippen LogP contribution in [-0.2, 0) is 0 Å². The Bertz CT molecular complexity index is 2320. The van der Waals surface area contributed by atoms with Crippen LogP contribution < -0.4 is 0 Å². The van der Waals surface area contributed by atoms with E-state index in [0.717, 1.165) is 27.8 Å². The maximum absolute atomic E-state index is 4.93. The highest BCUT2D eigenvalue weighted by molar-refractivity contribution is 6.10. The topological polar surface area (TPSA) is 43.6 Å². The van der Waals surface area contributed by atoms with E-state index < -0.39 is 0 Å². The quantitative estimate of drug-likeness (QED) is 0.138. The Morgan fingerprint density at radius 1 is 0.500 bits per heavy atom. The molecule has 0 atom stereocenters. The van der Waals surface area contributed by atoms with Gasteiger partial charge in [-0.15, -0.1) is 0 Å². The predicted molar refractivity (Wildman–Crippen MR) is 213 cm³/mol. The Labute approximate surface area is 294 Å². The monoisotopic (exact) mass is 648 g/mol. The summed E-state index contributed by atoms with van der Waals surface area (Å²) in [6.45, 7) is 12.9. The molecule has 0 radical (unpaired) electrons. The summed E-state index contributed by atoms with van der Waals surface area (Å²) in [4.78, 5) is 14.7. The molecule has 0 saturated heterocycles. The predicted octanol–water partition coefficient (Wildman–Crippen LogP) is 12.5. The molecule has 4 heteroatoms. The van der Waals surface area contributed by atoms with Gasteiger partial charge in [-0.05, 0) is 50.4 Å². The number of hydrogen-bond donors (Lipinski definition) is 0. The third-order valence-electron chi connectivity index (χ3n) is 8.38. The van der Waals surface area contributed by atoms with Gasteiger partial charge in [-0.1, -0.05) is 158 Å². The fourth-order valence-corrected chi connectivity index (χ4v) is 5.72. The third-order valence-corrected chi connectivity index (χ3v) is 8.38. The van der Waals surface area contributed by atoms with E-state index >= 15 is 0 Å². The fourth-order valence-electron chi connectivity index (χ4n) is 5.72. The standard InChI is InChI=1S/C37H24N4.C5H10.C4H6/c1-3-12-25(13-4-1)35-38-36(26-14-5-2-6-15-26)40-37(39-35)28-22-23-29-27(24-28)16-11-21-32(29)41-33-19-9-7-17-30(33)31-18-8-10-20-34(31)41;1-4-5(2)3;1-3-4-2/h1-24H;4H,1-3H3;3-4H,1-2H2. The van der Waals surface area contributed by atoms with Crippen LogP contribution in [0.4, 0.5) is 0 Å². The number of aromatic nitrogens is 4. The second-order valence-electron chi connectivity index (χ2n) is 12.0. The normalized spacial score (nSPS) is 10.5. The van der Waals surface area contributed by atoms with Crippen LogP contribution in [0.25, 0.3) is 72.4 Å². The number of rotatable bonds is 5. The van der Waals surface area contributed by atoms with Crippen LogP contribution in [-0.4, -0.2) is 19.5 Å². The molecule has 2 heterocycles. The molecule has 6 aromatic carbocycles. The highest BCUT2D eigenvalue weighted by atomic mass is 15.0. The molecule has 0 aliphatic rings. The van der Waals surface area contributed by atoms with E-state index in [2.05, 4.69) is 123 Å². The van der Waals surface area contributed by atoms with Crippen LogP contribution in [0, 0.1) is 0 Å². The van der Waals surface area contributed by atoms with E-state index in [1.807, 2.05) is 67.6 Å². The summed E-state index contributed by atoms with van der Waals surface area (Å²) in [6.07, 6.45) is 5.36. The summed E-state index contributed by atoms with van der Waals surface area (Å²) in [6, 6.07) is 50.4. The first kappa shape index (κ1) is 33.5. The highest BCUT2D eigenvalue weighted by Crippen LogP contribution is 2.35. The molecule has 244 valence electrons. The molecule has 4 nitrogen and oxygen atoms in total. The highest BCUT2D eigenvalue weighted by Gasteiger charge is 2.16. The summed E-state index contributed by atoms with van der Waals surface area (Å²) in [5, 5.41) is 4.81. The van der Waals surface area contributed by atoms with Crippen LogP contribution >= 0.6 is 0 Å². The van der Waals surface area contributed by atoms with Crippen LogP contribution in [0.5, 0.6) is 0 Å². The van der Waals surface area contributed by atoms with Crippen molar-refractivity contribution in [3.8, 4) is 39.9 Å². The molecule has 0 bridgehead atoms. The lowest BCUT2D eigenvalue weighted by atomic mass is 10.0. The second kappa shape index (κ2) is 15.7. The molecule has 0 aliphatic heterocycles. The smallest absolute Gasteiger partial charge is 0.164 e. The summed E-state index contributed by atoms with van der Waals surface area (Å²) in [7, 11) is 0. The van der Waals surface area contributed by atoms with Crippen LogP contribution in [0.3, 0.4) is 0 Å². The van der Waals surface area contributed by atoms with Crippen LogP contribution in [0.2, 0.25) is 0 Å². The van der Waals surface area contributed by atoms with Crippen molar-refractivity contribution < 1.29 is 0 Å². The van der Waals surface area contributed by atoms with Crippen molar-refractivity contribution in [1.82, 2.24) is 19.5 Å². The van der Waals surface area contributed by atoms with E-state index in [9.17, 15) is 0 Å². The Hall–Kier alpha value is -6.39. The molecular formula is C46H40N4. The molecule has 8 aromatic rings. The van der Waals surface area contributed by atoms with Crippen molar-refractivity contribution in [1.29, 1.82) is 0 Å². The van der Waals surface area contributed by atoms with E-state index in [4.69, 9.17) is 15.0 Å². The van der Waals surface area contributed by atoms with E-state index in [1.54, 1.807) is 12.2 Å². The molecule has 0 aliphatic carbocycles. The van der Waals surface area contributed by atoms with Gasteiger partial charge in [0.25, 0.3) is 0 Å². The molecular weight excluding hydrogens is 609 g/mol. The van der Waals surface area contributed by atoms with E-state index in [0.29, 0.717) is 17.5 Å². The molecule has 0 saturated carbocycles. The van der Waals surface area contributed by atoms with Crippen LogP contribution in [0.15, 0.2) is 183 Å². The maximum Gasteiger partial charge on any atom is 0.164 e. The van der Waals surface area contributed by atoms with Crippen molar-refractivity contribution in [3.05, 3.63) is 183 Å². The van der Waals surface area contributed by atoms with Crippen molar-refractivity contribution in [2.75, 3.05) is 0 Å². The average Bonchev–Trinajstić information content (AvgIpc) is 3.52. The minimum absolute atomic E-state index is 0.655. The molecule has 50 heavy (non-hydrogen) atoms. The van der Waals surface area contributed by atoms with Gasteiger partial charge >= 0.3 is 0 Å². The second-order valence-corrected chi connectivity index (χ2v) is 12.0. The van der Waals surface area contributed by atoms with Crippen molar-refractivity contribution in [3.63, 3.8) is 0 Å². The van der Waals surface area contributed by atoms with Gasteiger partial charge in [-0.25, -0.2) is 15.0 Å². The maximum atomic E-state index is 4.93. The molecule has 0 unspecified atom stereocenters. The van der Waals surface area contributed by atoms with Crippen molar-refractivity contribution in [2.45, 2.75) is 20.8 Å². The lowest BCUT2D eigenvalue weighted by Crippen LogP contribution is -2.00. The zero-order valence-corrected chi connectivity index (χ0v) is 28.8. The Kier molecular flexibility index (Phi) is 10.5. The average molecular weight is 649 g/mol. The van der Waals surface area contributed by atoms with E-state index in [-0.39, 0.29) is 0 Å². The summed E-state index contributed by atoms with van der Waals surface area (Å²) in [5.74, 6) is 1.98. The Balaban J connectivity index is 0.000000431. The lowest BCUT2D eigenvalue weighted by molar-refractivity contribution is 1.07. The van der Waals surface area contributed by atoms with Gasteiger partial charge in [0.05, 0.1) is 16.7 Å². The lowest BCUT2D eigenvalue weighted by Gasteiger charge is -2.13. The number of allylic oxidation sites excluding steroid dienone is 4. The zero-order chi connectivity index (χ0) is 34.9. The molecule has 0 N–H and O–H groups in total. The first-order valence-electron chi connectivity index (χ1n) is 16.7. The largest absolute Gasteiger partial charge is 0.309 e. The minimum Gasteiger partial charge on any atom is -0.309 e. The summed E-state index contributed by atoms with van der Waals surface area (Å²) in [5.41, 5.74) is 7.80. The zero-order valence-electron chi connectivity index (χ0n) is 28.8. The van der Waals surface area contributed by atoms with Crippen LogP contribution in [0.1, 0.15) is 20.8 Å². The number of benzene rings is 6.